The van der Waals surface area contributed by atoms with E-state index in [4.69, 9.17) is 5.26 Å². The zero-order valence-electron chi connectivity index (χ0n) is 19.6. The van der Waals surface area contributed by atoms with Gasteiger partial charge in [-0.1, -0.05) is 0 Å². The van der Waals surface area contributed by atoms with Crippen molar-refractivity contribution in [1.29, 1.82) is 5.26 Å². The molecule has 1 saturated heterocycles. The second-order valence-electron chi connectivity index (χ2n) is 8.50. The fourth-order valence-corrected chi connectivity index (χ4v) is 4.38. The molecule has 11 nitrogen and oxygen atoms in total. The molecule has 5 rings (SSSR count). The van der Waals surface area contributed by atoms with Crippen molar-refractivity contribution >= 4 is 18.1 Å². The van der Waals surface area contributed by atoms with Gasteiger partial charge in [-0.2, -0.15) is 20.0 Å². The van der Waals surface area contributed by atoms with Gasteiger partial charge in [0.05, 0.1) is 23.9 Å². The minimum Gasteiger partial charge on any atom is -0.350 e. The van der Waals surface area contributed by atoms with Crippen LogP contribution in [0.25, 0.3) is 5.95 Å². The van der Waals surface area contributed by atoms with Gasteiger partial charge in [0.15, 0.2) is 11.6 Å². The van der Waals surface area contributed by atoms with Gasteiger partial charge in [0.2, 0.25) is 0 Å². The lowest BCUT2D eigenvalue weighted by Crippen LogP contribution is -2.52. The highest BCUT2D eigenvalue weighted by atomic mass is 19.1. The van der Waals surface area contributed by atoms with Crippen molar-refractivity contribution in [3.05, 3.63) is 58.8 Å². The summed E-state index contributed by atoms with van der Waals surface area (Å²) in [5.41, 5.74) is 0.686. The Morgan fingerprint density at radius 3 is 2.58 bits per heavy atom. The predicted octanol–water partition coefficient (Wildman–Crippen LogP) is 2.50. The molecule has 184 valence electrons. The zero-order valence-corrected chi connectivity index (χ0v) is 19.6. The molecule has 0 radical (unpaired) electrons. The molecule has 3 aromatic rings. The average molecular weight is 492 g/mol. The number of hydrazone groups is 1. The zero-order chi connectivity index (χ0) is 25.4. The number of hydrogen-bond acceptors (Lipinski definition) is 8. The molecule has 0 spiro atoms. The Balaban J connectivity index is 1.29. The number of aryl methyl sites for hydroxylation is 2. The van der Waals surface area contributed by atoms with Crippen LogP contribution in [0.2, 0.25) is 0 Å². The standard InChI is InChI=1S/C23H22F2N10O/c1-14-29-15(2)34(31-14)22-27-13-19(25)21(30-22)32-5-7-33(8-6-32)23(36)35-20(3-4-28-35)17-9-16(12-26)10-18(24)11-17/h4,9-11,13,20H,3,5-8H2,1-2H3. The van der Waals surface area contributed by atoms with Crippen molar-refractivity contribution in [2.45, 2.75) is 26.3 Å². The fraction of sp³-hybridized carbons (Fsp3) is 0.348. The third-order valence-corrected chi connectivity index (χ3v) is 6.09. The van der Waals surface area contributed by atoms with E-state index in [0.717, 1.165) is 12.3 Å². The van der Waals surface area contributed by atoms with E-state index in [1.54, 1.807) is 35.9 Å². The Morgan fingerprint density at radius 2 is 1.89 bits per heavy atom. The summed E-state index contributed by atoms with van der Waals surface area (Å²) in [6, 6.07) is 5.11. The summed E-state index contributed by atoms with van der Waals surface area (Å²) in [7, 11) is 0. The van der Waals surface area contributed by atoms with Crippen LogP contribution >= 0.6 is 0 Å². The molecule has 2 amide bonds. The molecule has 2 aromatic heterocycles. The lowest BCUT2D eigenvalue weighted by Gasteiger charge is -2.37. The first-order valence-electron chi connectivity index (χ1n) is 11.3. The number of urea groups is 1. The van der Waals surface area contributed by atoms with Gasteiger partial charge in [0, 0.05) is 38.8 Å². The van der Waals surface area contributed by atoms with Crippen LogP contribution in [-0.2, 0) is 0 Å². The van der Waals surface area contributed by atoms with Crippen molar-refractivity contribution in [2.75, 3.05) is 31.1 Å². The van der Waals surface area contributed by atoms with E-state index in [1.165, 1.54) is 15.8 Å². The van der Waals surface area contributed by atoms with Crippen molar-refractivity contribution < 1.29 is 13.6 Å². The SMILES string of the molecule is Cc1nc(C)n(-c2ncc(F)c(N3CCN(C(=O)N4N=CCC4c4cc(F)cc(C#N)c4)CC3)n2)n1. The Hall–Kier alpha value is -4.47. The number of aromatic nitrogens is 5. The van der Waals surface area contributed by atoms with E-state index in [-0.39, 0.29) is 23.4 Å². The highest BCUT2D eigenvalue weighted by molar-refractivity contribution is 5.79. The maximum atomic E-state index is 14.6. The normalized spacial score (nSPS) is 17.5. The van der Waals surface area contributed by atoms with Crippen LogP contribution in [0, 0.1) is 36.8 Å². The number of anilines is 1. The van der Waals surface area contributed by atoms with Gasteiger partial charge in [-0.05, 0) is 37.6 Å². The first kappa shape index (κ1) is 23.3. The molecule has 13 heteroatoms. The number of piperazine rings is 1. The van der Waals surface area contributed by atoms with Crippen molar-refractivity contribution in [3.8, 4) is 12.0 Å². The molecule has 0 saturated carbocycles. The number of carbonyl (C=O) groups excluding carboxylic acids is 1. The van der Waals surface area contributed by atoms with Crippen LogP contribution in [0.4, 0.5) is 19.4 Å². The number of nitrogens with zero attached hydrogens (tertiary/aromatic N) is 10. The van der Waals surface area contributed by atoms with E-state index >= 15 is 0 Å². The molecule has 2 aliphatic heterocycles. The maximum absolute atomic E-state index is 14.6. The van der Waals surface area contributed by atoms with Crippen LogP contribution in [0.5, 0.6) is 0 Å². The summed E-state index contributed by atoms with van der Waals surface area (Å²) < 4.78 is 30.1. The third-order valence-electron chi connectivity index (χ3n) is 6.09. The molecule has 1 fully saturated rings. The van der Waals surface area contributed by atoms with Crippen molar-refractivity contribution in [2.24, 2.45) is 5.10 Å². The summed E-state index contributed by atoms with van der Waals surface area (Å²) in [4.78, 5) is 29.3. The first-order valence-corrected chi connectivity index (χ1v) is 11.3. The Labute approximate surface area is 205 Å². The van der Waals surface area contributed by atoms with E-state index in [2.05, 4.69) is 25.2 Å². The number of amides is 2. The molecule has 1 aromatic carbocycles. The molecule has 1 atom stereocenters. The topological polar surface area (TPSA) is 119 Å². The van der Waals surface area contributed by atoms with Gasteiger partial charge in [0.1, 0.15) is 17.5 Å². The Morgan fingerprint density at radius 1 is 1.11 bits per heavy atom. The van der Waals surface area contributed by atoms with Crippen molar-refractivity contribution in [3.63, 3.8) is 0 Å². The monoisotopic (exact) mass is 492 g/mol. The third kappa shape index (κ3) is 4.33. The lowest BCUT2D eigenvalue weighted by molar-refractivity contribution is 0.139. The molecule has 36 heavy (non-hydrogen) atoms. The Kier molecular flexibility index (Phi) is 6.01. The van der Waals surface area contributed by atoms with E-state index in [9.17, 15) is 13.6 Å². The molecule has 0 aliphatic carbocycles. The largest absolute Gasteiger partial charge is 0.350 e. The van der Waals surface area contributed by atoms with Crippen LogP contribution in [0.1, 0.15) is 35.2 Å². The Bertz CT molecular complexity index is 1390. The molecule has 0 N–H and O–H groups in total. The molecule has 2 aliphatic rings. The summed E-state index contributed by atoms with van der Waals surface area (Å²) in [6.45, 7) is 4.81. The maximum Gasteiger partial charge on any atom is 0.341 e. The molecule has 4 heterocycles. The number of benzene rings is 1. The van der Waals surface area contributed by atoms with E-state index in [1.807, 2.05) is 6.07 Å². The quantitative estimate of drug-likeness (QED) is 0.551. The van der Waals surface area contributed by atoms with E-state index < -0.39 is 17.7 Å². The lowest BCUT2D eigenvalue weighted by atomic mass is 10.0. The number of nitriles is 1. The van der Waals surface area contributed by atoms with Gasteiger partial charge in [-0.15, -0.1) is 5.10 Å². The second-order valence-corrected chi connectivity index (χ2v) is 8.50. The first-order chi connectivity index (χ1) is 17.3. The molecule has 1 unspecified atom stereocenters. The number of carbonyl (C=O) groups is 1. The highest BCUT2D eigenvalue weighted by Gasteiger charge is 2.34. The van der Waals surface area contributed by atoms with Gasteiger partial charge >= 0.3 is 6.03 Å². The van der Waals surface area contributed by atoms with Crippen LogP contribution < -0.4 is 4.90 Å². The van der Waals surface area contributed by atoms with Gasteiger partial charge in [-0.25, -0.2) is 28.6 Å². The van der Waals surface area contributed by atoms with Gasteiger partial charge in [-0.3, -0.25) is 0 Å². The van der Waals surface area contributed by atoms with E-state index in [0.29, 0.717) is 49.8 Å². The van der Waals surface area contributed by atoms with Gasteiger partial charge < -0.3 is 9.80 Å². The molecular weight excluding hydrogens is 470 g/mol. The predicted molar refractivity (Wildman–Crippen MR) is 124 cm³/mol. The summed E-state index contributed by atoms with van der Waals surface area (Å²) >= 11 is 0. The van der Waals surface area contributed by atoms with Gasteiger partial charge in [0.25, 0.3) is 5.95 Å². The number of hydrogen-bond donors (Lipinski definition) is 0. The summed E-state index contributed by atoms with van der Waals surface area (Å²) in [6.07, 6.45) is 3.11. The van der Waals surface area contributed by atoms with Crippen molar-refractivity contribution in [1.82, 2.24) is 34.6 Å². The van der Waals surface area contributed by atoms with Crippen LogP contribution in [-0.4, -0.2) is 73.1 Å². The van der Waals surface area contributed by atoms with Crippen LogP contribution in [0.15, 0.2) is 29.5 Å². The average Bonchev–Trinajstić information content (AvgIpc) is 3.50. The highest BCUT2D eigenvalue weighted by Crippen LogP contribution is 2.31. The smallest absolute Gasteiger partial charge is 0.341 e. The number of halogens is 2. The second kappa shape index (κ2) is 9.29. The minimum atomic E-state index is -0.573. The van der Waals surface area contributed by atoms with Crippen LogP contribution in [0.3, 0.4) is 0 Å². The summed E-state index contributed by atoms with van der Waals surface area (Å²) in [5.74, 6) is 0.362. The minimum absolute atomic E-state index is 0.125. The molecular formula is C23H22F2N10O. The molecule has 0 bridgehead atoms. The number of rotatable bonds is 3. The summed E-state index contributed by atoms with van der Waals surface area (Å²) in [5, 5.41) is 18.9. The fourth-order valence-electron chi connectivity index (χ4n) is 4.38.